The molecule has 3 rings (SSSR count). The van der Waals surface area contributed by atoms with Gasteiger partial charge >= 0.3 is 0 Å². The molecule has 146 valence electrons. The summed E-state index contributed by atoms with van der Waals surface area (Å²) in [6.45, 7) is 10.7. The summed E-state index contributed by atoms with van der Waals surface area (Å²) in [4.78, 5) is 30.2. The molecule has 27 heavy (non-hydrogen) atoms. The quantitative estimate of drug-likeness (QED) is 0.555. The summed E-state index contributed by atoms with van der Waals surface area (Å²) in [7, 11) is 0. The molecule has 1 saturated heterocycles. The first kappa shape index (κ1) is 19.7. The molecular formula is C23H32N2O2. The highest BCUT2D eigenvalue weighted by atomic mass is 16.2. The van der Waals surface area contributed by atoms with Gasteiger partial charge in [0.25, 0.3) is 11.8 Å². The Balaban J connectivity index is 2.01. The Labute approximate surface area is 163 Å². The number of carbonyl (C=O) groups is 2. The van der Waals surface area contributed by atoms with Crippen LogP contribution in [0.3, 0.4) is 0 Å². The average molecular weight is 369 g/mol. The number of carbonyl (C=O) groups excluding carboxylic acids is 2. The lowest BCUT2D eigenvalue weighted by Crippen LogP contribution is -2.39. The van der Waals surface area contributed by atoms with Gasteiger partial charge in [-0.2, -0.15) is 0 Å². The lowest BCUT2D eigenvalue weighted by Gasteiger charge is -2.33. The lowest BCUT2D eigenvalue weighted by molar-refractivity contribution is -0.137. The third kappa shape index (κ3) is 3.95. The minimum Gasteiger partial charge on any atom is -0.366 e. The number of nitrogens with zero attached hydrogens (tertiary/aromatic N) is 2. The summed E-state index contributed by atoms with van der Waals surface area (Å²) in [6.07, 6.45) is 5.24. The number of imide groups is 1. The first-order valence-corrected chi connectivity index (χ1v) is 10.4. The van der Waals surface area contributed by atoms with Crippen LogP contribution in [0.25, 0.3) is 5.57 Å². The summed E-state index contributed by atoms with van der Waals surface area (Å²) < 4.78 is 0. The zero-order valence-electron chi connectivity index (χ0n) is 17.2. The van der Waals surface area contributed by atoms with Crippen molar-refractivity contribution in [3.8, 4) is 0 Å². The Morgan fingerprint density at radius 3 is 2.52 bits per heavy atom. The van der Waals surface area contributed by atoms with Gasteiger partial charge < -0.3 is 4.90 Å². The summed E-state index contributed by atoms with van der Waals surface area (Å²) in [5, 5.41) is 0. The van der Waals surface area contributed by atoms with Crippen molar-refractivity contribution < 1.29 is 9.59 Å². The molecule has 2 aliphatic rings. The van der Waals surface area contributed by atoms with E-state index in [1.54, 1.807) is 0 Å². The minimum absolute atomic E-state index is 0.0987. The molecule has 4 heteroatoms. The molecule has 1 aromatic rings. The maximum Gasteiger partial charge on any atom is 0.277 e. The van der Waals surface area contributed by atoms with E-state index in [-0.39, 0.29) is 11.8 Å². The number of unbranched alkanes of at least 4 members (excludes halogenated alkanes) is 2. The van der Waals surface area contributed by atoms with E-state index in [2.05, 4.69) is 38.7 Å². The summed E-state index contributed by atoms with van der Waals surface area (Å²) in [5.41, 5.74) is 4.46. The number of piperidine rings is 1. The smallest absolute Gasteiger partial charge is 0.277 e. The Hall–Kier alpha value is -2.10. The number of hydrogen-bond acceptors (Lipinski definition) is 3. The van der Waals surface area contributed by atoms with Crippen molar-refractivity contribution in [1.29, 1.82) is 0 Å². The molecule has 0 aromatic heterocycles. The minimum atomic E-state index is -0.118. The molecule has 0 bridgehead atoms. The standard InChI is InChI=1S/C23H32N2O2/c1-5-6-7-13-25-22(26)20(19-11-10-17(3)18(4)14-19)21(23(25)27)24-12-8-9-16(2)15-24/h10-11,14,16H,5-9,12-13,15H2,1-4H3. The Morgan fingerprint density at radius 2 is 1.85 bits per heavy atom. The molecule has 0 N–H and O–H groups in total. The van der Waals surface area contributed by atoms with Crippen molar-refractivity contribution >= 4 is 17.4 Å². The first-order chi connectivity index (χ1) is 12.9. The molecule has 1 fully saturated rings. The van der Waals surface area contributed by atoms with Gasteiger partial charge in [0.05, 0.1) is 5.57 Å². The maximum absolute atomic E-state index is 13.3. The van der Waals surface area contributed by atoms with Crippen molar-refractivity contribution in [3.05, 3.63) is 40.6 Å². The molecule has 1 aromatic carbocycles. The molecule has 0 aliphatic carbocycles. The van der Waals surface area contributed by atoms with Crippen molar-refractivity contribution in [2.45, 2.75) is 59.8 Å². The molecule has 0 radical (unpaired) electrons. The van der Waals surface area contributed by atoms with Crippen LogP contribution in [0.2, 0.25) is 0 Å². The molecule has 4 nitrogen and oxygen atoms in total. The van der Waals surface area contributed by atoms with Crippen LogP contribution in [0.15, 0.2) is 23.9 Å². The number of likely N-dealkylation sites (tertiary alicyclic amines) is 1. The first-order valence-electron chi connectivity index (χ1n) is 10.4. The molecule has 2 amide bonds. The van der Waals surface area contributed by atoms with Crippen LogP contribution in [-0.4, -0.2) is 41.2 Å². The van der Waals surface area contributed by atoms with E-state index < -0.39 is 0 Å². The average Bonchev–Trinajstić information content (AvgIpc) is 2.89. The molecular weight excluding hydrogens is 336 g/mol. The van der Waals surface area contributed by atoms with E-state index >= 15 is 0 Å². The van der Waals surface area contributed by atoms with E-state index in [0.29, 0.717) is 23.7 Å². The fourth-order valence-electron chi connectivity index (χ4n) is 4.13. The van der Waals surface area contributed by atoms with Crippen molar-refractivity contribution in [2.75, 3.05) is 19.6 Å². The van der Waals surface area contributed by atoms with Crippen LogP contribution in [0.1, 0.15) is 62.6 Å². The normalized spacial score (nSPS) is 20.8. The second kappa shape index (κ2) is 8.28. The van der Waals surface area contributed by atoms with Crippen LogP contribution < -0.4 is 0 Å². The molecule has 2 aliphatic heterocycles. The van der Waals surface area contributed by atoms with Gasteiger partial charge in [0, 0.05) is 19.6 Å². The SMILES string of the molecule is CCCCCN1C(=O)C(c2ccc(C)c(C)c2)=C(N2CCCC(C)C2)C1=O. The fraction of sp³-hybridized carbons (Fsp3) is 0.565. The predicted octanol–water partition coefficient (Wildman–Crippen LogP) is 4.31. The van der Waals surface area contributed by atoms with Gasteiger partial charge in [-0.3, -0.25) is 14.5 Å². The summed E-state index contributed by atoms with van der Waals surface area (Å²) in [6, 6.07) is 6.09. The highest BCUT2D eigenvalue weighted by molar-refractivity contribution is 6.35. The van der Waals surface area contributed by atoms with Crippen LogP contribution in [0, 0.1) is 19.8 Å². The van der Waals surface area contributed by atoms with Crippen molar-refractivity contribution in [3.63, 3.8) is 0 Å². The van der Waals surface area contributed by atoms with Gasteiger partial charge in [0.15, 0.2) is 0 Å². The second-order valence-corrected chi connectivity index (χ2v) is 8.19. The van der Waals surface area contributed by atoms with E-state index in [1.165, 1.54) is 16.9 Å². The number of aryl methyl sites for hydroxylation is 2. The van der Waals surface area contributed by atoms with Gasteiger partial charge in [-0.25, -0.2) is 0 Å². The second-order valence-electron chi connectivity index (χ2n) is 8.19. The van der Waals surface area contributed by atoms with Gasteiger partial charge in [0.2, 0.25) is 0 Å². The zero-order chi connectivity index (χ0) is 19.6. The van der Waals surface area contributed by atoms with Gasteiger partial charge in [-0.15, -0.1) is 0 Å². The third-order valence-electron chi connectivity index (χ3n) is 5.90. The van der Waals surface area contributed by atoms with Crippen molar-refractivity contribution in [1.82, 2.24) is 9.80 Å². The largest absolute Gasteiger partial charge is 0.366 e. The van der Waals surface area contributed by atoms with Gasteiger partial charge in [0.1, 0.15) is 5.70 Å². The van der Waals surface area contributed by atoms with Gasteiger partial charge in [-0.1, -0.05) is 44.9 Å². The maximum atomic E-state index is 13.3. The van der Waals surface area contributed by atoms with Crippen molar-refractivity contribution in [2.24, 2.45) is 5.92 Å². The zero-order valence-corrected chi connectivity index (χ0v) is 17.2. The molecule has 1 atom stereocenters. The lowest BCUT2D eigenvalue weighted by atomic mass is 9.96. The summed E-state index contributed by atoms with van der Waals surface area (Å²) >= 11 is 0. The van der Waals surface area contributed by atoms with Crippen LogP contribution in [0.5, 0.6) is 0 Å². The Bertz CT molecular complexity index is 766. The molecule has 2 heterocycles. The van der Waals surface area contributed by atoms with E-state index in [9.17, 15) is 9.59 Å². The molecule has 0 spiro atoms. The Morgan fingerprint density at radius 1 is 1.07 bits per heavy atom. The monoisotopic (exact) mass is 368 g/mol. The summed E-state index contributed by atoms with van der Waals surface area (Å²) in [5.74, 6) is 0.329. The molecule has 1 unspecified atom stereocenters. The Kier molecular flexibility index (Phi) is 6.03. The number of amides is 2. The third-order valence-corrected chi connectivity index (χ3v) is 5.90. The van der Waals surface area contributed by atoms with E-state index in [1.807, 2.05) is 12.1 Å². The predicted molar refractivity (Wildman–Crippen MR) is 109 cm³/mol. The molecule has 0 saturated carbocycles. The number of rotatable bonds is 6. The topological polar surface area (TPSA) is 40.6 Å². The van der Waals surface area contributed by atoms with Crippen LogP contribution in [0.4, 0.5) is 0 Å². The van der Waals surface area contributed by atoms with Gasteiger partial charge in [-0.05, 0) is 55.7 Å². The highest BCUT2D eigenvalue weighted by Gasteiger charge is 2.41. The fourth-order valence-corrected chi connectivity index (χ4v) is 4.13. The van der Waals surface area contributed by atoms with E-state index in [4.69, 9.17) is 0 Å². The van der Waals surface area contributed by atoms with E-state index in [0.717, 1.165) is 49.9 Å². The van der Waals surface area contributed by atoms with Crippen LogP contribution in [-0.2, 0) is 9.59 Å². The van der Waals surface area contributed by atoms with Crippen LogP contribution >= 0.6 is 0 Å². The number of benzene rings is 1. The highest BCUT2D eigenvalue weighted by Crippen LogP contribution is 2.34. The number of hydrogen-bond donors (Lipinski definition) is 0.